The average Bonchev–Trinajstić information content (AvgIpc) is 3.35. The molecular weight excluding hydrogens is 568 g/mol. The predicted molar refractivity (Wildman–Crippen MR) is 162 cm³/mol. The second-order valence-electron chi connectivity index (χ2n) is 13.6. The summed E-state index contributed by atoms with van der Waals surface area (Å²) in [4.78, 5) is 26.7. The van der Waals surface area contributed by atoms with Crippen molar-refractivity contribution >= 4 is 38.4 Å². The van der Waals surface area contributed by atoms with Crippen LogP contribution in [0.25, 0.3) is 10.8 Å². The number of rotatable bonds is 9. The molecule has 0 radical (unpaired) electrons. The monoisotopic (exact) mass is 610 g/mol. The van der Waals surface area contributed by atoms with Crippen LogP contribution in [-0.4, -0.2) is 115 Å². The molecule has 43 heavy (non-hydrogen) atoms. The highest BCUT2D eigenvalue weighted by atomic mass is 32.2. The maximum Gasteiger partial charge on any atom is 0.352 e. The summed E-state index contributed by atoms with van der Waals surface area (Å²) in [5.41, 5.74) is 1.93. The fraction of sp³-hybridized carbons (Fsp3) is 0.562. The number of carbonyl (C=O) groups excluding carboxylic acids is 1. The van der Waals surface area contributed by atoms with Crippen LogP contribution in [-0.2, 0) is 26.0 Å². The number of carboxylic acid groups (broad SMARTS) is 1. The number of hydrogen-bond donors (Lipinski definition) is 2. The molecule has 6 heterocycles. The van der Waals surface area contributed by atoms with Gasteiger partial charge in [0.2, 0.25) is 5.91 Å². The largest absolute Gasteiger partial charge is 0.477 e. The molecule has 0 unspecified atom stereocenters. The lowest BCUT2D eigenvalue weighted by Gasteiger charge is -2.55. The van der Waals surface area contributed by atoms with Crippen molar-refractivity contribution < 1.29 is 37.2 Å². The zero-order chi connectivity index (χ0) is 30.5. The number of aliphatic carboxylic acids is 1. The molecule has 4 saturated heterocycles. The summed E-state index contributed by atoms with van der Waals surface area (Å²) in [5.74, 6) is -2.80. The fourth-order valence-electron chi connectivity index (χ4n) is 8.93. The van der Waals surface area contributed by atoms with Crippen LogP contribution in [0.3, 0.4) is 0 Å². The van der Waals surface area contributed by atoms with Gasteiger partial charge in [-0.3, -0.25) is 9.10 Å². The Morgan fingerprint density at radius 1 is 1.05 bits per heavy atom. The number of nitrogens with zero attached hydrogens (tertiary/aromatic N) is 4. The molecule has 4 atom stereocenters. The molecule has 2 bridgehead atoms. The van der Waals surface area contributed by atoms with Crippen molar-refractivity contribution in [3.63, 3.8) is 0 Å². The number of carbonyl (C=O) groups is 2. The van der Waals surface area contributed by atoms with Crippen LogP contribution in [0.2, 0.25) is 0 Å². The summed E-state index contributed by atoms with van der Waals surface area (Å²) in [6, 6.07) is 8.87. The molecule has 0 aliphatic carbocycles. The molecule has 2 aromatic carbocycles. The lowest BCUT2D eigenvalue weighted by Crippen LogP contribution is -2.75. The van der Waals surface area contributed by atoms with Gasteiger partial charge < -0.3 is 24.1 Å². The lowest BCUT2D eigenvalue weighted by atomic mass is 9.78. The van der Waals surface area contributed by atoms with E-state index in [1.165, 1.54) is 72.8 Å². The molecule has 2 N–H and O–H groups in total. The summed E-state index contributed by atoms with van der Waals surface area (Å²) >= 11 is 0. The highest BCUT2D eigenvalue weighted by Crippen LogP contribution is 2.50. The van der Waals surface area contributed by atoms with Crippen LogP contribution >= 0.6 is 0 Å². The number of anilines is 1. The van der Waals surface area contributed by atoms with E-state index in [1.54, 1.807) is 12.1 Å². The van der Waals surface area contributed by atoms with Crippen molar-refractivity contribution in [1.29, 1.82) is 0 Å². The molecule has 8 rings (SSSR count). The molecule has 6 aliphatic rings. The summed E-state index contributed by atoms with van der Waals surface area (Å²) in [6.45, 7) is 15.2. The van der Waals surface area contributed by atoms with Crippen molar-refractivity contribution in [3.8, 4) is 0 Å². The van der Waals surface area contributed by atoms with Crippen molar-refractivity contribution in [2.24, 2.45) is 11.8 Å². The SMILES string of the molecule is CCC[N+]12CC[N+](CCc3ccc4c5c(cccc35)N(CC3=C(C(=O)O)N5C(=O)[C@H]([C@@H](C)O)[C@H]5[C@H]3C)S4(=O)=O)(CC1)CC2. The third-order valence-corrected chi connectivity index (χ3v) is 13.2. The molecule has 10 nitrogen and oxygen atoms in total. The highest BCUT2D eigenvalue weighted by molar-refractivity contribution is 7.93. The minimum Gasteiger partial charge on any atom is -0.477 e. The van der Waals surface area contributed by atoms with Crippen LogP contribution in [0.4, 0.5) is 5.69 Å². The number of benzene rings is 2. The van der Waals surface area contributed by atoms with Crippen LogP contribution in [0.1, 0.15) is 32.8 Å². The van der Waals surface area contributed by atoms with Gasteiger partial charge in [-0.2, -0.15) is 0 Å². The van der Waals surface area contributed by atoms with E-state index in [2.05, 4.69) is 6.92 Å². The second kappa shape index (κ2) is 9.76. The van der Waals surface area contributed by atoms with Gasteiger partial charge >= 0.3 is 5.97 Å². The minimum atomic E-state index is -3.94. The zero-order valence-corrected chi connectivity index (χ0v) is 26.0. The van der Waals surface area contributed by atoms with Crippen LogP contribution in [0, 0.1) is 11.8 Å². The number of β-lactam (4-membered cyclic amide) rings is 1. The van der Waals surface area contributed by atoms with Gasteiger partial charge in [-0.1, -0.05) is 32.0 Å². The normalized spacial score (nSPS) is 32.8. The maximum atomic E-state index is 14.0. The summed E-state index contributed by atoms with van der Waals surface area (Å²) in [5, 5.41) is 21.9. The number of carboxylic acids is 1. The van der Waals surface area contributed by atoms with E-state index >= 15 is 0 Å². The van der Waals surface area contributed by atoms with Gasteiger partial charge in [-0.15, -0.1) is 0 Å². The number of piperazine rings is 3. The van der Waals surface area contributed by atoms with E-state index in [0.717, 1.165) is 28.4 Å². The van der Waals surface area contributed by atoms with E-state index in [-0.39, 0.29) is 17.1 Å². The van der Waals surface area contributed by atoms with E-state index < -0.39 is 45.9 Å². The van der Waals surface area contributed by atoms with E-state index in [1.807, 2.05) is 25.1 Å². The highest BCUT2D eigenvalue weighted by Gasteiger charge is 2.60. The Balaban J connectivity index is 1.19. The Kier molecular flexibility index (Phi) is 6.52. The molecule has 0 spiro atoms. The van der Waals surface area contributed by atoms with Crippen LogP contribution < -0.4 is 4.31 Å². The third kappa shape index (κ3) is 4.04. The van der Waals surface area contributed by atoms with Crippen molar-refractivity contribution in [3.05, 3.63) is 47.2 Å². The molecule has 230 valence electrons. The van der Waals surface area contributed by atoms with Crippen LogP contribution in [0.5, 0.6) is 0 Å². The molecule has 0 aromatic heterocycles. The van der Waals surface area contributed by atoms with E-state index in [0.29, 0.717) is 16.6 Å². The van der Waals surface area contributed by atoms with Gasteiger partial charge in [-0.05, 0) is 42.0 Å². The Hall–Kier alpha value is -2.99. The second-order valence-corrected chi connectivity index (χ2v) is 15.4. The number of aliphatic hydroxyl groups excluding tert-OH is 1. The smallest absolute Gasteiger partial charge is 0.352 e. The Morgan fingerprint density at radius 2 is 1.70 bits per heavy atom. The number of quaternary nitrogens is 2. The first kappa shape index (κ1) is 28.8. The van der Waals surface area contributed by atoms with E-state index in [9.17, 15) is 28.2 Å². The van der Waals surface area contributed by atoms with Crippen molar-refractivity contribution in [2.45, 2.75) is 50.7 Å². The van der Waals surface area contributed by atoms with Gasteiger partial charge in [0.1, 0.15) is 45.0 Å². The first-order chi connectivity index (χ1) is 20.4. The van der Waals surface area contributed by atoms with Gasteiger partial charge in [0.05, 0.1) is 48.3 Å². The standard InChI is InChI=1S/C32H41N4O6S/c1-4-11-35-13-16-36(17-14-35,18-15-35)12-10-22-8-9-26-28-23(22)6-5-7-25(28)33(43(26,41)42)19-24-20(2)29-27(21(3)37)31(38)34(29)30(24)32(39)40/h5-9,20-21,27,29,37H,4,10-19H2,1-3H3/q+1/p+1/t20-,21+,27+,29+,35?,36?/m0/s1. The fourth-order valence-corrected chi connectivity index (χ4v) is 10.6. The summed E-state index contributed by atoms with van der Waals surface area (Å²) < 4.78 is 31.7. The summed E-state index contributed by atoms with van der Waals surface area (Å²) in [6.07, 6.45) is 1.18. The Bertz CT molecular complexity index is 1660. The molecule has 11 heteroatoms. The molecule has 2 aromatic rings. The zero-order valence-electron chi connectivity index (χ0n) is 25.2. The summed E-state index contributed by atoms with van der Waals surface area (Å²) in [7, 11) is -3.94. The van der Waals surface area contributed by atoms with Crippen molar-refractivity contribution in [1.82, 2.24) is 4.90 Å². The average molecular weight is 611 g/mol. The van der Waals surface area contributed by atoms with E-state index in [4.69, 9.17) is 0 Å². The van der Waals surface area contributed by atoms with Gasteiger partial charge in [0, 0.05) is 17.7 Å². The number of hydrogen-bond acceptors (Lipinski definition) is 5. The van der Waals surface area contributed by atoms with Crippen LogP contribution in [0.15, 0.2) is 46.5 Å². The van der Waals surface area contributed by atoms with Crippen molar-refractivity contribution in [2.75, 3.05) is 63.2 Å². The molecule has 0 saturated carbocycles. The number of amides is 1. The molecule has 4 fully saturated rings. The first-order valence-electron chi connectivity index (χ1n) is 15.7. The molecular formula is C32H42N4O6S+2. The van der Waals surface area contributed by atoms with Gasteiger partial charge in [-0.25, -0.2) is 13.2 Å². The Labute approximate surface area is 253 Å². The topological polar surface area (TPSA) is 115 Å². The van der Waals surface area contributed by atoms with Gasteiger partial charge in [0.15, 0.2) is 0 Å². The first-order valence-corrected chi connectivity index (χ1v) is 17.1. The molecule has 1 amide bonds. The predicted octanol–water partition coefficient (Wildman–Crippen LogP) is 2.16. The Morgan fingerprint density at radius 3 is 2.30 bits per heavy atom. The third-order valence-electron chi connectivity index (χ3n) is 11.4. The molecule has 6 aliphatic heterocycles. The minimum absolute atomic E-state index is 0.154. The maximum absolute atomic E-state index is 14.0. The van der Waals surface area contributed by atoms with Gasteiger partial charge in [0.25, 0.3) is 10.0 Å². The number of aliphatic hydroxyl groups is 1. The number of sulfonamides is 1. The number of fused-ring (bicyclic) bond motifs is 4. The lowest BCUT2D eigenvalue weighted by molar-refractivity contribution is -1.08. The quantitative estimate of drug-likeness (QED) is 0.332.